The maximum atomic E-state index is 12.2. The van der Waals surface area contributed by atoms with Gasteiger partial charge in [0, 0.05) is 37.0 Å². The van der Waals surface area contributed by atoms with Crippen molar-refractivity contribution in [3.8, 4) is 5.82 Å². The molecule has 0 atom stereocenters. The molecule has 1 N–H and O–H groups in total. The van der Waals surface area contributed by atoms with E-state index in [1.54, 1.807) is 12.4 Å². The Morgan fingerprint density at radius 2 is 1.85 bits per heavy atom. The zero-order chi connectivity index (χ0) is 18.7. The molecule has 1 aromatic carbocycles. The molecule has 0 bridgehead atoms. The molecule has 8 heteroatoms. The molecule has 0 radical (unpaired) electrons. The van der Waals surface area contributed by atoms with E-state index in [9.17, 15) is 13.2 Å². The first-order valence-electron chi connectivity index (χ1n) is 7.88. The van der Waals surface area contributed by atoms with E-state index in [4.69, 9.17) is 0 Å². The monoisotopic (exact) mass is 370 g/mol. The zero-order valence-corrected chi connectivity index (χ0v) is 15.2. The number of sulfone groups is 1. The maximum Gasteiger partial charge on any atom is 0.251 e. The van der Waals surface area contributed by atoms with Gasteiger partial charge in [-0.2, -0.15) is 0 Å². The topological polar surface area (TPSA) is 94.0 Å². The van der Waals surface area contributed by atoms with Crippen LogP contribution in [-0.4, -0.2) is 35.1 Å². The fourth-order valence-electron chi connectivity index (χ4n) is 2.42. The third-order valence-corrected chi connectivity index (χ3v) is 5.01. The van der Waals surface area contributed by atoms with Crippen LogP contribution in [0, 0.1) is 6.92 Å². The number of imidazole rings is 1. The van der Waals surface area contributed by atoms with Gasteiger partial charge in [-0.15, -0.1) is 0 Å². The summed E-state index contributed by atoms with van der Waals surface area (Å²) in [5, 5.41) is 2.79. The van der Waals surface area contributed by atoms with Gasteiger partial charge in [-0.3, -0.25) is 9.36 Å². The van der Waals surface area contributed by atoms with E-state index in [-0.39, 0.29) is 10.8 Å². The van der Waals surface area contributed by atoms with E-state index >= 15 is 0 Å². The predicted octanol–water partition coefficient (Wildman–Crippen LogP) is 1.91. The minimum atomic E-state index is -3.27. The second-order valence-electron chi connectivity index (χ2n) is 5.85. The van der Waals surface area contributed by atoms with Crippen LogP contribution in [0.25, 0.3) is 5.82 Å². The van der Waals surface area contributed by atoms with E-state index in [2.05, 4.69) is 15.3 Å². The van der Waals surface area contributed by atoms with Crippen LogP contribution in [0.1, 0.15) is 21.7 Å². The first-order valence-corrected chi connectivity index (χ1v) is 9.77. The van der Waals surface area contributed by atoms with Crippen molar-refractivity contribution in [3.05, 3.63) is 71.9 Å². The SMILES string of the molecule is Cc1nccn1-c1ccc(CNC(=O)c2ccc(S(C)(=O)=O)cc2)cn1. The summed E-state index contributed by atoms with van der Waals surface area (Å²) in [6.07, 6.45) is 6.37. The van der Waals surface area contributed by atoms with Gasteiger partial charge in [-0.1, -0.05) is 6.07 Å². The summed E-state index contributed by atoms with van der Waals surface area (Å²) < 4.78 is 24.8. The molecule has 2 aromatic heterocycles. The summed E-state index contributed by atoms with van der Waals surface area (Å²) in [7, 11) is -3.27. The van der Waals surface area contributed by atoms with E-state index in [1.165, 1.54) is 24.3 Å². The van der Waals surface area contributed by atoms with Crippen LogP contribution in [0.2, 0.25) is 0 Å². The van der Waals surface area contributed by atoms with Crippen molar-refractivity contribution in [3.63, 3.8) is 0 Å². The number of carbonyl (C=O) groups excluding carboxylic acids is 1. The van der Waals surface area contributed by atoms with Gasteiger partial charge in [0.1, 0.15) is 11.6 Å². The number of hydrogen-bond acceptors (Lipinski definition) is 5. The number of nitrogens with zero attached hydrogens (tertiary/aromatic N) is 3. The van der Waals surface area contributed by atoms with Gasteiger partial charge in [0.25, 0.3) is 5.91 Å². The van der Waals surface area contributed by atoms with Gasteiger partial charge < -0.3 is 5.32 Å². The lowest BCUT2D eigenvalue weighted by Crippen LogP contribution is -2.22. The molecule has 0 spiro atoms. The van der Waals surface area contributed by atoms with Crippen LogP contribution in [0.4, 0.5) is 0 Å². The molecule has 3 rings (SSSR count). The second-order valence-corrected chi connectivity index (χ2v) is 7.86. The Bertz CT molecular complexity index is 1020. The Morgan fingerprint density at radius 1 is 1.12 bits per heavy atom. The number of nitrogens with one attached hydrogen (secondary N) is 1. The number of benzene rings is 1. The maximum absolute atomic E-state index is 12.2. The lowest BCUT2D eigenvalue weighted by Gasteiger charge is -2.08. The van der Waals surface area contributed by atoms with Gasteiger partial charge in [-0.25, -0.2) is 18.4 Å². The quantitative estimate of drug-likeness (QED) is 0.740. The summed E-state index contributed by atoms with van der Waals surface area (Å²) in [6.45, 7) is 2.22. The molecule has 0 saturated heterocycles. The van der Waals surface area contributed by atoms with E-state index < -0.39 is 9.84 Å². The van der Waals surface area contributed by atoms with Crippen molar-refractivity contribution in [1.82, 2.24) is 19.9 Å². The lowest BCUT2D eigenvalue weighted by molar-refractivity contribution is 0.0951. The fraction of sp³-hybridized carbons (Fsp3) is 0.167. The van der Waals surface area contributed by atoms with E-state index in [1.807, 2.05) is 29.8 Å². The first-order chi connectivity index (χ1) is 12.3. The molecule has 0 unspecified atom stereocenters. The number of amides is 1. The summed E-state index contributed by atoms with van der Waals surface area (Å²) >= 11 is 0. The number of pyridine rings is 1. The van der Waals surface area contributed by atoms with Crippen molar-refractivity contribution in [1.29, 1.82) is 0 Å². The van der Waals surface area contributed by atoms with Crippen molar-refractivity contribution in [2.24, 2.45) is 0 Å². The largest absolute Gasteiger partial charge is 0.348 e. The van der Waals surface area contributed by atoms with Crippen molar-refractivity contribution < 1.29 is 13.2 Å². The standard InChI is InChI=1S/C18H18N4O3S/c1-13-19-9-10-22(13)17-8-3-14(11-20-17)12-21-18(23)15-4-6-16(7-5-15)26(2,24)25/h3-11H,12H2,1-2H3,(H,21,23). The highest BCUT2D eigenvalue weighted by Gasteiger charge is 2.10. The summed E-state index contributed by atoms with van der Waals surface area (Å²) in [5.41, 5.74) is 1.25. The Labute approximate surface area is 151 Å². The number of aryl methyl sites for hydroxylation is 1. The molecule has 134 valence electrons. The normalized spacial score (nSPS) is 11.3. The Morgan fingerprint density at radius 3 is 2.38 bits per heavy atom. The number of aromatic nitrogens is 3. The Hall–Kier alpha value is -3.00. The van der Waals surface area contributed by atoms with E-state index in [0.29, 0.717) is 12.1 Å². The Balaban J connectivity index is 1.63. The summed E-state index contributed by atoms with van der Waals surface area (Å²) in [6, 6.07) is 9.58. The molecule has 0 fully saturated rings. The van der Waals surface area contributed by atoms with Crippen LogP contribution in [0.3, 0.4) is 0 Å². The molecule has 0 aliphatic rings. The molecule has 0 aliphatic heterocycles. The molecule has 26 heavy (non-hydrogen) atoms. The zero-order valence-electron chi connectivity index (χ0n) is 14.4. The highest BCUT2D eigenvalue weighted by molar-refractivity contribution is 7.90. The van der Waals surface area contributed by atoms with Crippen molar-refractivity contribution >= 4 is 15.7 Å². The van der Waals surface area contributed by atoms with Gasteiger partial charge >= 0.3 is 0 Å². The highest BCUT2D eigenvalue weighted by atomic mass is 32.2. The van der Waals surface area contributed by atoms with E-state index in [0.717, 1.165) is 23.5 Å². The minimum absolute atomic E-state index is 0.184. The molecule has 3 aromatic rings. The molecular formula is C18H18N4O3S. The summed E-state index contributed by atoms with van der Waals surface area (Å²) in [5.74, 6) is 1.32. The third-order valence-electron chi connectivity index (χ3n) is 3.88. The first kappa shape index (κ1) is 17.8. The average Bonchev–Trinajstić information content (AvgIpc) is 3.05. The predicted molar refractivity (Wildman–Crippen MR) is 96.8 cm³/mol. The van der Waals surface area contributed by atoms with Gasteiger partial charge in [-0.05, 0) is 42.8 Å². The van der Waals surface area contributed by atoms with Gasteiger partial charge in [0.05, 0.1) is 4.90 Å². The lowest BCUT2D eigenvalue weighted by atomic mass is 10.2. The van der Waals surface area contributed by atoms with Crippen LogP contribution in [0.15, 0.2) is 59.9 Å². The molecule has 2 heterocycles. The molecule has 0 saturated carbocycles. The second kappa shape index (κ2) is 7.09. The Kier molecular flexibility index (Phi) is 4.85. The summed E-state index contributed by atoms with van der Waals surface area (Å²) in [4.78, 5) is 20.9. The van der Waals surface area contributed by atoms with Crippen LogP contribution >= 0.6 is 0 Å². The molecule has 1 amide bonds. The van der Waals surface area contributed by atoms with Crippen LogP contribution in [-0.2, 0) is 16.4 Å². The third kappa shape index (κ3) is 3.97. The van der Waals surface area contributed by atoms with Crippen molar-refractivity contribution in [2.45, 2.75) is 18.4 Å². The number of rotatable bonds is 5. The molecule has 7 nitrogen and oxygen atoms in total. The van der Waals surface area contributed by atoms with Crippen LogP contribution < -0.4 is 5.32 Å². The fourth-order valence-corrected chi connectivity index (χ4v) is 3.05. The van der Waals surface area contributed by atoms with Crippen molar-refractivity contribution in [2.75, 3.05) is 6.26 Å². The minimum Gasteiger partial charge on any atom is -0.348 e. The average molecular weight is 370 g/mol. The van der Waals surface area contributed by atoms with Gasteiger partial charge in [0.2, 0.25) is 0 Å². The highest BCUT2D eigenvalue weighted by Crippen LogP contribution is 2.11. The molecular weight excluding hydrogens is 352 g/mol. The smallest absolute Gasteiger partial charge is 0.251 e. The molecule has 0 aliphatic carbocycles. The van der Waals surface area contributed by atoms with Gasteiger partial charge in [0.15, 0.2) is 9.84 Å². The number of carbonyl (C=O) groups is 1. The number of hydrogen-bond donors (Lipinski definition) is 1. The van der Waals surface area contributed by atoms with Crippen LogP contribution in [0.5, 0.6) is 0 Å².